The van der Waals surface area contributed by atoms with Gasteiger partial charge in [0, 0.05) is 48.1 Å². The summed E-state index contributed by atoms with van der Waals surface area (Å²) in [7, 11) is 0. The molecule has 0 unspecified atom stereocenters. The fraction of sp³-hybridized carbons (Fsp3) is 0.407. The number of unbranched alkanes of at least 4 members (excludes halogenated alkanes) is 2. The molecule has 3 amide bonds. The van der Waals surface area contributed by atoms with Crippen molar-refractivity contribution in [2.45, 2.75) is 44.6 Å². The lowest BCUT2D eigenvalue weighted by atomic mass is 9.86. The van der Waals surface area contributed by atoms with E-state index >= 15 is 0 Å². The Kier molecular flexibility index (Phi) is 10.3. The van der Waals surface area contributed by atoms with Crippen molar-refractivity contribution in [3.8, 4) is 11.8 Å². The number of amides is 3. The summed E-state index contributed by atoms with van der Waals surface area (Å²) >= 11 is 5.86. The molecule has 1 aliphatic heterocycles. The number of hydrogen-bond donors (Lipinski definition) is 4. The molecule has 0 spiro atoms. The van der Waals surface area contributed by atoms with E-state index in [9.17, 15) is 14.4 Å². The van der Waals surface area contributed by atoms with Crippen molar-refractivity contribution in [1.29, 1.82) is 0 Å². The van der Waals surface area contributed by atoms with Crippen molar-refractivity contribution in [2.24, 2.45) is 0 Å². The van der Waals surface area contributed by atoms with E-state index in [4.69, 9.17) is 11.6 Å². The molecule has 1 aromatic heterocycles. The van der Waals surface area contributed by atoms with Crippen molar-refractivity contribution in [1.82, 2.24) is 26.3 Å². The van der Waals surface area contributed by atoms with Crippen molar-refractivity contribution >= 4 is 29.3 Å². The van der Waals surface area contributed by atoms with Crippen LogP contribution in [0.1, 0.15) is 65.3 Å². The second-order valence-corrected chi connectivity index (χ2v) is 9.11. The predicted molar refractivity (Wildman–Crippen MR) is 140 cm³/mol. The molecular weight excluding hydrogens is 478 g/mol. The van der Waals surface area contributed by atoms with Gasteiger partial charge in [0.05, 0.1) is 5.56 Å². The summed E-state index contributed by atoms with van der Waals surface area (Å²) in [6.45, 7) is 3.79. The van der Waals surface area contributed by atoms with Crippen LogP contribution < -0.4 is 21.3 Å². The lowest BCUT2D eigenvalue weighted by molar-refractivity contribution is -0.128. The number of aromatic nitrogens is 1. The monoisotopic (exact) mass is 509 g/mol. The van der Waals surface area contributed by atoms with E-state index in [1.54, 1.807) is 36.5 Å². The SMILES string of the molecule is CCCCC#Cc1cncc(C(=O)NC2(C(=O)NCCNC(=O)c3ccc(Cl)cc3)CCNCC2)c1. The van der Waals surface area contributed by atoms with Gasteiger partial charge < -0.3 is 21.3 Å². The molecule has 36 heavy (non-hydrogen) atoms. The van der Waals surface area contributed by atoms with Gasteiger partial charge in [-0.15, -0.1) is 0 Å². The standard InChI is InChI=1S/C27H32ClN5O3/c1-2-3-4-5-6-20-17-22(19-30-18-20)25(35)33-27(11-13-29-14-12-27)26(36)32-16-15-31-24(34)21-7-9-23(28)10-8-21/h7-10,17-19,29H,2-4,11-16H2,1H3,(H,31,34)(H,32,36)(H,33,35). The van der Waals surface area contributed by atoms with Gasteiger partial charge in [-0.3, -0.25) is 19.4 Å². The van der Waals surface area contributed by atoms with Crippen molar-refractivity contribution in [3.05, 3.63) is 64.4 Å². The molecule has 3 rings (SSSR count). The molecule has 1 saturated heterocycles. The fourth-order valence-electron chi connectivity index (χ4n) is 3.84. The quantitative estimate of drug-likeness (QED) is 0.307. The number of nitrogens with zero attached hydrogens (tertiary/aromatic N) is 1. The molecule has 8 nitrogen and oxygen atoms in total. The second kappa shape index (κ2) is 13.6. The normalized spacial score (nSPS) is 14.2. The number of carbonyl (C=O) groups is 3. The lowest BCUT2D eigenvalue weighted by Crippen LogP contribution is -2.63. The topological polar surface area (TPSA) is 112 Å². The van der Waals surface area contributed by atoms with Gasteiger partial charge in [-0.2, -0.15) is 0 Å². The average molecular weight is 510 g/mol. The van der Waals surface area contributed by atoms with Gasteiger partial charge in [-0.25, -0.2) is 0 Å². The third-order valence-corrected chi connectivity index (χ3v) is 6.19. The highest BCUT2D eigenvalue weighted by Gasteiger charge is 2.41. The van der Waals surface area contributed by atoms with Crippen molar-refractivity contribution in [2.75, 3.05) is 26.2 Å². The molecule has 1 aromatic carbocycles. The van der Waals surface area contributed by atoms with Crippen LogP contribution in [0.5, 0.6) is 0 Å². The summed E-state index contributed by atoms with van der Waals surface area (Å²) in [5, 5.41) is 12.4. The Labute approximate surface area is 217 Å². The highest BCUT2D eigenvalue weighted by molar-refractivity contribution is 6.30. The van der Waals surface area contributed by atoms with Crippen LogP contribution in [0.2, 0.25) is 5.02 Å². The first-order chi connectivity index (χ1) is 17.4. The van der Waals surface area contributed by atoms with Crippen molar-refractivity contribution in [3.63, 3.8) is 0 Å². The molecule has 0 atom stereocenters. The number of halogens is 1. The molecule has 0 saturated carbocycles. The Bertz CT molecular complexity index is 1120. The van der Waals surface area contributed by atoms with Crippen LogP contribution in [0.4, 0.5) is 0 Å². The molecule has 0 radical (unpaired) electrons. The number of hydrogen-bond acceptors (Lipinski definition) is 5. The van der Waals surface area contributed by atoms with Crippen LogP contribution in [0.3, 0.4) is 0 Å². The third kappa shape index (κ3) is 7.80. The van der Waals surface area contributed by atoms with E-state index in [0.717, 1.165) is 19.3 Å². The van der Waals surface area contributed by atoms with Crippen LogP contribution in [-0.2, 0) is 4.79 Å². The van der Waals surface area contributed by atoms with E-state index < -0.39 is 5.54 Å². The number of piperidine rings is 1. The first kappa shape index (κ1) is 27.2. The van der Waals surface area contributed by atoms with Gasteiger partial charge >= 0.3 is 0 Å². The molecule has 0 aliphatic carbocycles. The van der Waals surface area contributed by atoms with Crippen LogP contribution in [0.25, 0.3) is 0 Å². The first-order valence-corrected chi connectivity index (χ1v) is 12.6. The minimum absolute atomic E-state index is 0.230. The number of rotatable bonds is 9. The van der Waals surface area contributed by atoms with Gasteiger partial charge in [0.25, 0.3) is 11.8 Å². The molecule has 9 heteroatoms. The summed E-state index contributed by atoms with van der Waals surface area (Å²) < 4.78 is 0. The smallest absolute Gasteiger partial charge is 0.253 e. The summed E-state index contributed by atoms with van der Waals surface area (Å²) in [6, 6.07) is 8.26. The summed E-state index contributed by atoms with van der Waals surface area (Å²) in [4.78, 5) is 42.7. The predicted octanol–water partition coefficient (Wildman–Crippen LogP) is 2.67. The molecule has 1 fully saturated rings. The van der Waals surface area contributed by atoms with E-state index in [-0.39, 0.29) is 30.8 Å². The number of pyridine rings is 1. The highest BCUT2D eigenvalue weighted by Crippen LogP contribution is 2.20. The molecule has 2 aromatic rings. The molecule has 190 valence electrons. The van der Waals surface area contributed by atoms with Crippen LogP contribution >= 0.6 is 11.6 Å². The van der Waals surface area contributed by atoms with Gasteiger partial charge in [-0.1, -0.05) is 36.8 Å². The Morgan fingerprint density at radius 2 is 1.75 bits per heavy atom. The van der Waals surface area contributed by atoms with Gasteiger partial charge in [0.1, 0.15) is 5.54 Å². The minimum atomic E-state index is -1.05. The number of carbonyl (C=O) groups excluding carboxylic acids is 3. The first-order valence-electron chi connectivity index (χ1n) is 12.2. The zero-order chi connectivity index (χ0) is 25.8. The van der Waals surface area contributed by atoms with E-state index in [1.807, 2.05) is 0 Å². The highest BCUT2D eigenvalue weighted by atomic mass is 35.5. The Morgan fingerprint density at radius 3 is 2.47 bits per heavy atom. The Morgan fingerprint density at radius 1 is 1.03 bits per heavy atom. The molecule has 1 aliphatic rings. The van der Waals surface area contributed by atoms with Gasteiger partial charge in [-0.05, 0) is 62.7 Å². The molecule has 2 heterocycles. The Balaban J connectivity index is 1.58. The fourth-order valence-corrected chi connectivity index (χ4v) is 3.96. The van der Waals surface area contributed by atoms with Crippen LogP contribution in [0, 0.1) is 11.8 Å². The maximum Gasteiger partial charge on any atom is 0.253 e. The maximum absolute atomic E-state index is 13.2. The zero-order valence-corrected chi connectivity index (χ0v) is 21.2. The molecule has 4 N–H and O–H groups in total. The summed E-state index contributed by atoms with van der Waals surface area (Å²) in [5.74, 6) is 5.24. The summed E-state index contributed by atoms with van der Waals surface area (Å²) in [6.07, 6.45) is 6.90. The van der Waals surface area contributed by atoms with E-state index in [0.29, 0.717) is 47.6 Å². The van der Waals surface area contributed by atoms with Crippen molar-refractivity contribution < 1.29 is 14.4 Å². The molecule has 0 bridgehead atoms. The third-order valence-electron chi connectivity index (χ3n) is 5.94. The summed E-state index contributed by atoms with van der Waals surface area (Å²) in [5.41, 5.74) is 0.460. The van der Waals surface area contributed by atoms with Gasteiger partial charge in [0.15, 0.2) is 0 Å². The van der Waals surface area contributed by atoms with E-state index in [1.165, 1.54) is 6.20 Å². The Hall–Kier alpha value is -3.41. The number of nitrogens with one attached hydrogen (secondary N) is 4. The zero-order valence-electron chi connectivity index (χ0n) is 20.5. The van der Waals surface area contributed by atoms with Gasteiger partial charge in [0.2, 0.25) is 5.91 Å². The minimum Gasteiger partial charge on any atom is -0.352 e. The van der Waals surface area contributed by atoms with Crippen LogP contribution in [-0.4, -0.2) is 54.4 Å². The maximum atomic E-state index is 13.2. The van der Waals surface area contributed by atoms with E-state index in [2.05, 4.69) is 45.0 Å². The average Bonchev–Trinajstić information content (AvgIpc) is 2.90. The second-order valence-electron chi connectivity index (χ2n) is 8.67. The number of benzene rings is 1. The lowest BCUT2D eigenvalue weighted by Gasteiger charge is -2.37. The molecular formula is C27H32ClN5O3. The largest absolute Gasteiger partial charge is 0.352 e. The van der Waals surface area contributed by atoms with Crippen LogP contribution in [0.15, 0.2) is 42.7 Å².